The second kappa shape index (κ2) is 4.83. The van der Waals surface area contributed by atoms with E-state index in [-0.39, 0.29) is 0 Å². The summed E-state index contributed by atoms with van der Waals surface area (Å²) in [7, 11) is 1.88. The summed E-state index contributed by atoms with van der Waals surface area (Å²) in [6.07, 6.45) is 2.62. The summed E-state index contributed by atoms with van der Waals surface area (Å²) in [4.78, 5) is 20.3. The van der Waals surface area contributed by atoms with Crippen LogP contribution in [0.1, 0.15) is 16.1 Å². The molecule has 0 aliphatic carbocycles. The molecule has 1 aromatic carbocycles. The van der Waals surface area contributed by atoms with E-state index in [1.54, 1.807) is 6.20 Å². The van der Waals surface area contributed by atoms with Gasteiger partial charge >= 0.3 is 0 Å². The molecule has 0 saturated carbocycles. The monoisotopic (exact) mass is 329 g/mol. The number of aryl methyl sites for hydroxylation is 2. The third kappa shape index (κ3) is 1.94. The summed E-state index contributed by atoms with van der Waals surface area (Å²) < 4.78 is 2.80. The first-order chi connectivity index (χ1) is 9.61. The van der Waals surface area contributed by atoms with Crippen LogP contribution in [-0.2, 0) is 7.05 Å². The van der Waals surface area contributed by atoms with Crippen molar-refractivity contribution in [1.29, 1.82) is 0 Å². The largest absolute Gasteiger partial charge is 0.335 e. The molecule has 0 unspecified atom stereocenters. The van der Waals surface area contributed by atoms with Crippen molar-refractivity contribution in [3.8, 4) is 11.4 Å². The van der Waals surface area contributed by atoms with E-state index < -0.39 is 0 Å². The van der Waals surface area contributed by atoms with Crippen LogP contribution in [0.5, 0.6) is 0 Å². The number of aldehydes is 1. The molecule has 3 aromatic rings. The number of rotatable bonds is 2. The standard InChI is InChI=1S/C15H12BrN3O/c1-9-13-10(8-20)7-19(2)15(13)18-14(17-9)11-5-3-4-6-12(11)16/h3-8H,1-2H3. The molecular formula is C15H12BrN3O. The van der Waals surface area contributed by atoms with Gasteiger partial charge in [-0.3, -0.25) is 4.79 Å². The summed E-state index contributed by atoms with van der Waals surface area (Å²) >= 11 is 3.52. The lowest BCUT2D eigenvalue weighted by atomic mass is 10.1. The van der Waals surface area contributed by atoms with Crippen molar-refractivity contribution < 1.29 is 4.79 Å². The van der Waals surface area contributed by atoms with Gasteiger partial charge in [0.15, 0.2) is 12.1 Å². The Morgan fingerprint density at radius 1 is 1.25 bits per heavy atom. The number of hydrogen-bond donors (Lipinski definition) is 0. The fraction of sp³-hybridized carbons (Fsp3) is 0.133. The van der Waals surface area contributed by atoms with Crippen LogP contribution in [0, 0.1) is 6.92 Å². The Kier molecular flexibility index (Phi) is 3.14. The van der Waals surface area contributed by atoms with Crippen molar-refractivity contribution in [3.63, 3.8) is 0 Å². The molecule has 5 heteroatoms. The topological polar surface area (TPSA) is 47.8 Å². The molecule has 20 heavy (non-hydrogen) atoms. The van der Waals surface area contributed by atoms with Crippen molar-refractivity contribution in [3.05, 3.63) is 46.2 Å². The Morgan fingerprint density at radius 2 is 2.00 bits per heavy atom. The van der Waals surface area contributed by atoms with Gasteiger partial charge in [-0.15, -0.1) is 0 Å². The molecule has 2 aromatic heterocycles. The lowest BCUT2D eigenvalue weighted by Crippen LogP contribution is -1.97. The van der Waals surface area contributed by atoms with Crippen LogP contribution in [0.3, 0.4) is 0 Å². The molecule has 0 atom stereocenters. The minimum atomic E-state index is 0.624. The molecule has 0 aliphatic rings. The fourth-order valence-electron chi connectivity index (χ4n) is 2.34. The molecule has 0 fully saturated rings. The highest BCUT2D eigenvalue weighted by molar-refractivity contribution is 9.10. The summed E-state index contributed by atoms with van der Waals surface area (Å²) in [6, 6.07) is 7.82. The van der Waals surface area contributed by atoms with Crippen LogP contribution >= 0.6 is 15.9 Å². The fourth-order valence-corrected chi connectivity index (χ4v) is 2.80. The average molecular weight is 330 g/mol. The SMILES string of the molecule is Cc1nc(-c2ccccc2Br)nc2c1c(C=O)cn2C. The van der Waals surface area contributed by atoms with Crippen molar-refractivity contribution in [1.82, 2.24) is 14.5 Å². The van der Waals surface area contributed by atoms with Gasteiger partial charge in [0.25, 0.3) is 0 Å². The number of hydrogen-bond acceptors (Lipinski definition) is 3. The van der Waals surface area contributed by atoms with Gasteiger partial charge in [-0.1, -0.05) is 34.1 Å². The quantitative estimate of drug-likeness (QED) is 0.676. The Labute approximate surface area is 124 Å². The van der Waals surface area contributed by atoms with Crippen LogP contribution in [0.2, 0.25) is 0 Å². The molecule has 0 radical (unpaired) electrons. The molecule has 0 amide bonds. The lowest BCUT2D eigenvalue weighted by molar-refractivity contribution is 0.112. The number of aromatic nitrogens is 3. The third-order valence-electron chi connectivity index (χ3n) is 3.27. The minimum Gasteiger partial charge on any atom is -0.335 e. The summed E-state index contributed by atoms with van der Waals surface area (Å²) in [5.41, 5.74) is 3.14. The zero-order valence-electron chi connectivity index (χ0n) is 11.1. The Bertz CT molecular complexity index is 823. The van der Waals surface area contributed by atoms with E-state index in [2.05, 4.69) is 25.9 Å². The maximum atomic E-state index is 11.1. The molecule has 0 spiro atoms. The van der Waals surface area contributed by atoms with Crippen molar-refractivity contribution in [2.75, 3.05) is 0 Å². The van der Waals surface area contributed by atoms with Crippen molar-refractivity contribution >= 4 is 33.2 Å². The lowest BCUT2D eigenvalue weighted by Gasteiger charge is -2.06. The van der Waals surface area contributed by atoms with Crippen LogP contribution in [0.15, 0.2) is 34.9 Å². The number of carbonyl (C=O) groups excluding carboxylic acids is 1. The highest BCUT2D eigenvalue weighted by Gasteiger charge is 2.14. The van der Waals surface area contributed by atoms with Crippen molar-refractivity contribution in [2.45, 2.75) is 6.92 Å². The molecule has 0 bridgehead atoms. The van der Waals surface area contributed by atoms with E-state index in [1.165, 1.54) is 0 Å². The number of halogens is 1. The van der Waals surface area contributed by atoms with Gasteiger partial charge in [-0.2, -0.15) is 0 Å². The molecule has 0 aliphatic heterocycles. The summed E-state index contributed by atoms with van der Waals surface area (Å²) in [6.45, 7) is 1.90. The van der Waals surface area contributed by atoms with Gasteiger partial charge in [0.1, 0.15) is 5.65 Å². The first kappa shape index (κ1) is 13.0. The predicted molar refractivity (Wildman–Crippen MR) is 81.8 cm³/mol. The van der Waals surface area contributed by atoms with Gasteiger partial charge in [-0.25, -0.2) is 9.97 Å². The van der Waals surface area contributed by atoms with E-state index >= 15 is 0 Å². The van der Waals surface area contributed by atoms with E-state index in [0.29, 0.717) is 11.4 Å². The molecule has 2 heterocycles. The highest BCUT2D eigenvalue weighted by Crippen LogP contribution is 2.28. The number of fused-ring (bicyclic) bond motifs is 1. The molecule has 100 valence electrons. The van der Waals surface area contributed by atoms with Crippen LogP contribution in [-0.4, -0.2) is 20.8 Å². The molecule has 4 nitrogen and oxygen atoms in total. The second-order valence-corrected chi connectivity index (χ2v) is 5.48. The summed E-state index contributed by atoms with van der Waals surface area (Å²) in [5, 5.41) is 0.818. The maximum absolute atomic E-state index is 11.1. The van der Waals surface area contributed by atoms with Crippen LogP contribution in [0.25, 0.3) is 22.4 Å². The zero-order chi connectivity index (χ0) is 14.3. The van der Waals surface area contributed by atoms with Crippen LogP contribution in [0.4, 0.5) is 0 Å². The number of benzene rings is 1. The Morgan fingerprint density at radius 3 is 2.70 bits per heavy atom. The number of carbonyl (C=O) groups is 1. The zero-order valence-corrected chi connectivity index (χ0v) is 12.7. The van der Waals surface area contributed by atoms with Gasteiger partial charge in [0.2, 0.25) is 0 Å². The normalized spacial score (nSPS) is 10.9. The first-order valence-corrected chi connectivity index (χ1v) is 6.95. The van der Waals surface area contributed by atoms with Crippen molar-refractivity contribution in [2.24, 2.45) is 7.05 Å². The van der Waals surface area contributed by atoms with Gasteiger partial charge in [0.05, 0.1) is 11.1 Å². The minimum absolute atomic E-state index is 0.624. The maximum Gasteiger partial charge on any atom is 0.162 e. The molecular weight excluding hydrogens is 318 g/mol. The van der Waals surface area contributed by atoms with Gasteiger partial charge in [0, 0.05) is 28.8 Å². The van der Waals surface area contributed by atoms with Crippen LogP contribution < -0.4 is 0 Å². The Balaban J connectivity index is 2.33. The average Bonchev–Trinajstić information content (AvgIpc) is 2.76. The summed E-state index contributed by atoms with van der Waals surface area (Å²) in [5.74, 6) is 0.654. The second-order valence-electron chi connectivity index (χ2n) is 4.62. The predicted octanol–water partition coefficient (Wildman–Crippen LogP) is 3.52. The van der Waals surface area contributed by atoms with Gasteiger partial charge < -0.3 is 4.57 Å². The highest BCUT2D eigenvalue weighted by atomic mass is 79.9. The first-order valence-electron chi connectivity index (χ1n) is 6.15. The molecule has 0 N–H and O–H groups in total. The Hall–Kier alpha value is -2.01. The molecule has 0 saturated heterocycles. The smallest absolute Gasteiger partial charge is 0.162 e. The van der Waals surface area contributed by atoms with E-state index in [1.807, 2.05) is 42.8 Å². The van der Waals surface area contributed by atoms with E-state index in [4.69, 9.17) is 0 Å². The third-order valence-corrected chi connectivity index (χ3v) is 3.96. The number of nitrogens with zero attached hydrogens (tertiary/aromatic N) is 3. The van der Waals surface area contributed by atoms with E-state index in [0.717, 1.165) is 33.0 Å². The van der Waals surface area contributed by atoms with Gasteiger partial charge in [-0.05, 0) is 13.0 Å². The van der Waals surface area contributed by atoms with E-state index in [9.17, 15) is 4.79 Å². The molecule has 3 rings (SSSR count).